The molecule has 0 amide bonds. The Bertz CT molecular complexity index is 1660. The van der Waals surface area contributed by atoms with Gasteiger partial charge in [0, 0.05) is 6.54 Å². The van der Waals surface area contributed by atoms with Crippen molar-refractivity contribution in [1.29, 1.82) is 0 Å². The summed E-state index contributed by atoms with van der Waals surface area (Å²) in [5.74, 6) is 0.439. The molecule has 0 aliphatic carbocycles. The molecule has 0 saturated carbocycles. The molecule has 0 bridgehead atoms. The molecule has 1 aromatic heterocycles. The summed E-state index contributed by atoms with van der Waals surface area (Å²) in [6.07, 6.45) is 1.47. The van der Waals surface area contributed by atoms with Crippen molar-refractivity contribution in [2.45, 2.75) is 17.7 Å². The maximum atomic E-state index is 13.6. The zero-order valence-corrected chi connectivity index (χ0v) is 19.7. The number of para-hydroxylation sites is 1. The Labute approximate surface area is 200 Å². The van der Waals surface area contributed by atoms with Gasteiger partial charge >= 0.3 is 5.69 Å². The van der Waals surface area contributed by atoms with Gasteiger partial charge in [-0.15, -0.1) is 0 Å². The van der Waals surface area contributed by atoms with Crippen LogP contribution >= 0.6 is 11.6 Å². The molecular formula is C24H20ClN3O5S. The third-order valence-corrected chi connectivity index (χ3v) is 8.05. The minimum absolute atomic E-state index is 0.0241. The van der Waals surface area contributed by atoms with Crippen molar-refractivity contribution in [3.05, 3.63) is 92.1 Å². The van der Waals surface area contributed by atoms with E-state index in [0.717, 1.165) is 16.6 Å². The molecule has 1 aliphatic heterocycles. The van der Waals surface area contributed by atoms with Crippen molar-refractivity contribution in [1.82, 2.24) is 9.55 Å². The van der Waals surface area contributed by atoms with Gasteiger partial charge in [0.05, 0.1) is 39.3 Å². The highest BCUT2D eigenvalue weighted by Crippen LogP contribution is 2.33. The minimum atomic E-state index is -3.97. The van der Waals surface area contributed by atoms with Crippen LogP contribution in [0.25, 0.3) is 16.6 Å². The molecular weight excluding hydrogens is 478 g/mol. The first kappa shape index (κ1) is 22.2. The lowest BCUT2D eigenvalue weighted by Crippen LogP contribution is -2.36. The van der Waals surface area contributed by atoms with Gasteiger partial charge in [0.1, 0.15) is 5.75 Å². The van der Waals surface area contributed by atoms with E-state index in [1.165, 1.54) is 35.7 Å². The third kappa shape index (κ3) is 3.57. The smallest absolute Gasteiger partial charge is 0.333 e. The molecule has 8 nitrogen and oxygen atoms in total. The van der Waals surface area contributed by atoms with Crippen molar-refractivity contribution < 1.29 is 13.2 Å². The van der Waals surface area contributed by atoms with Crippen molar-refractivity contribution in [2.24, 2.45) is 0 Å². The number of H-pyrrole nitrogens is 1. The second-order valence-corrected chi connectivity index (χ2v) is 10.2. The van der Waals surface area contributed by atoms with Crippen molar-refractivity contribution >= 4 is 38.2 Å². The van der Waals surface area contributed by atoms with E-state index >= 15 is 0 Å². The van der Waals surface area contributed by atoms with Crippen LogP contribution in [0, 0.1) is 0 Å². The van der Waals surface area contributed by atoms with Gasteiger partial charge in [0.15, 0.2) is 0 Å². The highest BCUT2D eigenvalue weighted by atomic mass is 35.5. The van der Waals surface area contributed by atoms with E-state index < -0.39 is 21.3 Å². The van der Waals surface area contributed by atoms with Gasteiger partial charge in [-0.1, -0.05) is 29.8 Å². The number of methoxy groups -OCH3 is 1. The number of hydrogen-bond donors (Lipinski definition) is 1. The summed E-state index contributed by atoms with van der Waals surface area (Å²) in [7, 11) is -2.51. The fourth-order valence-electron chi connectivity index (χ4n) is 4.24. The van der Waals surface area contributed by atoms with E-state index in [-0.39, 0.29) is 21.0 Å². The van der Waals surface area contributed by atoms with E-state index in [2.05, 4.69) is 4.98 Å². The first-order valence-corrected chi connectivity index (χ1v) is 12.4. The summed E-state index contributed by atoms with van der Waals surface area (Å²) >= 11 is 6.36. The van der Waals surface area contributed by atoms with E-state index in [9.17, 15) is 18.0 Å². The monoisotopic (exact) mass is 497 g/mol. The largest absolute Gasteiger partial charge is 0.497 e. The number of fused-ring (bicyclic) bond motifs is 2. The zero-order valence-electron chi connectivity index (χ0n) is 18.1. The Morgan fingerprint density at radius 2 is 1.79 bits per heavy atom. The van der Waals surface area contributed by atoms with Crippen molar-refractivity contribution in [3.8, 4) is 11.4 Å². The molecule has 0 unspecified atom stereocenters. The second kappa shape index (κ2) is 8.34. The molecule has 0 saturated heterocycles. The molecule has 10 heteroatoms. The van der Waals surface area contributed by atoms with E-state index in [4.69, 9.17) is 16.3 Å². The van der Waals surface area contributed by atoms with Gasteiger partial charge in [-0.05, 0) is 60.9 Å². The van der Waals surface area contributed by atoms with Crippen LogP contribution in [-0.4, -0.2) is 31.6 Å². The summed E-state index contributed by atoms with van der Waals surface area (Å²) < 4.78 is 34.6. The summed E-state index contributed by atoms with van der Waals surface area (Å²) in [5.41, 5.74) is 0.501. The van der Waals surface area contributed by atoms with Crippen molar-refractivity contribution in [2.75, 3.05) is 18.0 Å². The van der Waals surface area contributed by atoms with Gasteiger partial charge in [-0.3, -0.25) is 9.10 Å². The summed E-state index contributed by atoms with van der Waals surface area (Å²) in [4.78, 5) is 28.7. The summed E-state index contributed by atoms with van der Waals surface area (Å²) in [6, 6.07) is 16.1. The summed E-state index contributed by atoms with van der Waals surface area (Å²) in [5, 5.41) is 0.265. The third-order valence-electron chi connectivity index (χ3n) is 5.92. The summed E-state index contributed by atoms with van der Waals surface area (Å²) in [6.45, 7) is 0.327. The molecule has 0 radical (unpaired) electrons. The van der Waals surface area contributed by atoms with Gasteiger partial charge < -0.3 is 9.72 Å². The molecule has 1 aliphatic rings. The molecule has 1 N–H and O–H groups in total. The number of rotatable bonds is 4. The molecule has 34 heavy (non-hydrogen) atoms. The molecule has 5 rings (SSSR count). The zero-order chi connectivity index (χ0) is 24.0. The topological polar surface area (TPSA) is 101 Å². The van der Waals surface area contributed by atoms with Crippen LogP contribution in [0.5, 0.6) is 5.75 Å². The minimum Gasteiger partial charge on any atom is -0.497 e. The molecule has 3 aromatic carbocycles. The van der Waals surface area contributed by atoms with Crippen LogP contribution in [0.1, 0.15) is 12.0 Å². The number of aromatic amines is 1. The lowest BCUT2D eigenvalue weighted by Gasteiger charge is -2.30. The number of benzene rings is 3. The van der Waals surface area contributed by atoms with E-state index in [0.29, 0.717) is 29.9 Å². The maximum absolute atomic E-state index is 13.6. The average Bonchev–Trinajstić information content (AvgIpc) is 2.84. The quantitative estimate of drug-likeness (QED) is 0.465. The second-order valence-electron chi connectivity index (χ2n) is 7.90. The number of halogens is 1. The molecule has 0 atom stereocenters. The highest BCUT2D eigenvalue weighted by molar-refractivity contribution is 7.92. The number of hydrogen-bond acceptors (Lipinski definition) is 5. The molecule has 174 valence electrons. The fraction of sp³-hybridized carbons (Fsp3) is 0.167. The number of nitrogens with one attached hydrogen (secondary N) is 1. The van der Waals surface area contributed by atoms with Crippen molar-refractivity contribution in [3.63, 3.8) is 0 Å². The average molecular weight is 498 g/mol. The van der Waals surface area contributed by atoms with Gasteiger partial charge in [-0.2, -0.15) is 0 Å². The lowest BCUT2D eigenvalue weighted by molar-refractivity contribution is 0.415. The van der Waals surface area contributed by atoms with Crippen LogP contribution in [0.2, 0.25) is 5.02 Å². The number of aromatic nitrogens is 2. The number of anilines is 1. The van der Waals surface area contributed by atoms with E-state index in [1.54, 1.807) is 24.3 Å². The fourth-order valence-corrected chi connectivity index (χ4v) is 6.00. The standard InChI is InChI=1S/C24H20ClN3O5S/c1-33-16-8-11-20-18(13-16)23(29)28(24(30)26-20)22-14-17(9-10-19(22)25)34(31,32)27-12-4-6-15-5-2-3-7-21(15)27/h2-3,5,7-11,13-14H,4,6,12H2,1H3,(H,26,30). The normalized spacial score (nSPS) is 13.6. The van der Waals surface area contributed by atoms with Crippen LogP contribution in [0.4, 0.5) is 5.69 Å². The Morgan fingerprint density at radius 3 is 2.59 bits per heavy atom. The Kier molecular flexibility index (Phi) is 5.45. The molecule has 2 heterocycles. The van der Waals surface area contributed by atoms with Crippen LogP contribution < -0.4 is 20.3 Å². The van der Waals surface area contributed by atoms with Gasteiger partial charge in [0.2, 0.25) is 0 Å². The number of ether oxygens (including phenoxy) is 1. The highest BCUT2D eigenvalue weighted by Gasteiger charge is 2.30. The first-order chi connectivity index (χ1) is 16.3. The SMILES string of the molecule is COc1ccc2[nH]c(=O)n(-c3cc(S(=O)(=O)N4CCCc5ccccc54)ccc3Cl)c(=O)c2c1. The van der Waals surface area contributed by atoms with Crippen LogP contribution in [-0.2, 0) is 16.4 Å². The van der Waals surface area contributed by atoms with Crippen LogP contribution in [0.15, 0.2) is 75.1 Å². The number of nitrogens with zero attached hydrogens (tertiary/aromatic N) is 2. The first-order valence-electron chi connectivity index (χ1n) is 10.5. The number of aryl methyl sites for hydroxylation is 1. The Morgan fingerprint density at radius 1 is 1.00 bits per heavy atom. The Hall–Kier alpha value is -3.56. The molecule has 0 fully saturated rings. The van der Waals surface area contributed by atoms with E-state index in [1.807, 2.05) is 12.1 Å². The Balaban J connectivity index is 1.69. The van der Waals surface area contributed by atoms with Gasteiger partial charge in [0.25, 0.3) is 15.6 Å². The lowest BCUT2D eigenvalue weighted by atomic mass is 10.0. The predicted octanol–water partition coefficient (Wildman–Crippen LogP) is 3.48. The van der Waals surface area contributed by atoms with Crippen LogP contribution in [0.3, 0.4) is 0 Å². The molecule has 0 spiro atoms. The maximum Gasteiger partial charge on any atom is 0.333 e. The predicted molar refractivity (Wildman–Crippen MR) is 131 cm³/mol. The van der Waals surface area contributed by atoms with Gasteiger partial charge in [-0.25, -0.2) is 17.8 Å². The number of sulfonamides is 1. The molecule has 4 aromatic rings.